The number of aromatic nitrogens is 1. The Balaban J connectivity index is 1.45. The summed E-state index contributed by atoms with van der Waals surface area (Å²) < 4.78 is 15.8. The maximum Gasteiger partial charge on any atom is 0.224 e. The molecule has 0 aliphatic heterocycles. The third kappa shape index (κ3) is 4.47. The van der Waals surface area contributed by atoms with Crippen molar-refractivity contribution in [2.24, 2.45) is 0 Å². The first-order chi connectivity index (χ1) is 11.6. The highest BCUT2D eigenvalue weighted by Gasteiger charge is 2.08. The summed E-state index contributed by atoms with van der Waals surface area (Å²) >= 11 is 8.97. The number of anilines is 1. The average molecular weight is 381 g/mol. The topological polar surface area (TPSA) is 42.0 Å². The number of benzene rings is 2. The molecule has 0 spiro atoms. The number of rotatable bonds is 6. The molecule has 0 saturated carbocycles. The quantitative estimate of drug-likeness (QED) is 0.447. The highest BCUT2D eigenvalue weighted by atomic mass is 35.5. The molecular formula is C17H14ClFN2OS2. The van der Waals surface area contributed by atoms with Crippen LogP contribution in [0.4, 0.5) is 10.1 Å². The zero-order valence-electron chi connectivity index (χ0n) is 12.6. The molecule has 7 heteroatoms. The third-order valence-corrected chi connectivity index (χ3v) is 5.75. The summed E-state index contributed by atoms with van der Waals surface area (Å²) in [5, 5.41) is 2.87. The summed E-state index contributed by atoms with van der Waals surface area (Å²) in [5.74, 6) is 0.0527. The Morgan fingerprint density at radius 1 is 1.29 bits per heavy atom. The summed E-state index contributed by atoms with van der Waals surface area (Å²) in [5.41, 5.74) is 1.16. The molecule has 0 bridgehead atoms. The second-order valence-electron chi connectivity index (χ2n) is 5.07. The molecule has 0 aliphatic carbocycles. The first kappa shape index (κ1) is 17.2. The van der Waals surface area contributed by atoms with Gasteiger partial charge in [-0.25, -0.2) is 9.37 Å². The molecule has 3 rings (SSSR count). The smallest absolute Gasteiger partial charge is 0.224 e. The lowest BCUT2D eigenvalue weighted by atomic mass is 10.2. The molecule has 1 aromatic heterocycles. The first-order valence-corrected chi connectivity index (χ1v) is 9.53. The first-order valence-electron chi connectivity index (χ1n) is 7.35. The lowest BCUT2D eigenvalue weighted by Crippen LogP contribution is -2.12. The van der Waals surface area contributed by atoms with E-state index < -0.39 is 5.82 Å². The molecule has 0 saturated heterocycles. The van der Waals surface area contributed by atoms with Crippen LogP contribution in [0.2, 0.25) is 5.02 Å². The minimum atomic E-state index is -0.528. The number of hydrogen-bond acceptors (Lipinski definition) is 4. The van der Waals surface area contributed by atoms with Crippen molar-refractivity contribution >= 4 is 56.5 Å². The minimum absolute atomic E-state index is 0.156. The molecule has 1 N–H and O–H groups in total. The number of fused-ring (bicyclic) bond motifs is 1. The Kier molecular flexibility index (Phi) is 5.71. The van der Waals surface area contributed by atoms with Crippen molar-refractivity contribution in [2.45, 2.75) is 17.2 Å². The van der Waals surface area contributed by atoms with Gasteiger partial charge in [-0.15, -0.1) is 11.3 Å². The van der Waals surface area contributed by atoms with Gasteiger partial charge >= 0.3 is 0 Å². The van der Waals surface area contributed by atoms with Gasteiger partial charge in [-0.1, -0.05) is 35.5 Å². The van der Waals surface area contributed by atoms with Gasteiger partial charge < -0.3 is 5.32 Å². The number of thiazole rings is 1. The van der Waals surface area contributed by atoms with E-state index in [2.05, 4.69) is 10.3 Å². The predicted molar refractivity (Wildman–Crippen MR) is 99.6 cm³/mol. The SMILES string of the molecule is O=C(CCCSc1nc2ccccc2s1)Nc1ccc(Cl)cc1F. The van der Waals surface area contributed by atoms with E-state index >= 15 is 0 Å². The van der Waals surface area contributed by atoms with Gasteiger partial charge in [0.15, 0.2) is 4.34 Å². The lowest BCUT2D eigenvalue weighted by molar-refractivity contribution is -0.116. The van der Waals surface area contributed by atoms with E-state index in [0.29, 0.717) is 17.9 Å². The summed E-state index contributed by atoms with van der Waals surface area (Å²) in [6, 6.07) is 12.2. The Bertz CT molecular complexity index is 836. The van der Waals surface area contributed by atoms with E-state index in [4.69, 9.17) is 11.6 Å². The molecule has 0 atom stereocenters. The fourth-order valence-electron chi connectivity index (χ4n) is 2.11. The molecule has 24 heavy (non-hydrogen) atoms. The zero-order chi connectivity index (χ0) is 16.9. The zero-order valence-corrected chi connectivity index (χ0v) is 15.0. The van der Waals surface area contributed by atoms with E-state index in [1.807, 2.05) is 24.3 Å². The van der Waals surface area contributed by atoms with Crippen LogP contribution >= 0.6 is 34.7 Å². The van der Waals surface area contributed by atoms with E-state index in [1.54, 1.807) is 29.2 Å². The molecule has 1 amide bonds. The van der Waals surface area contributed by atoms with Gasteiger partial charge in [-0.2, -0.15) is 0 Å². The number of nitrogens with one attached hydrogen (secondary N) is 1. The predicted octanol–water partition coefficient (Wildman–Crippen LogP) is 5.60. The van der Waals surface area contributed by atoms with Gasteiger partial charge in [0, 0.05) is 17.2 Å². The van der Waals surface area contributed by atoms with Crippen molar-refractivity contribution in [3.8, 4) is 0 Å². The monoisotopic (exact) mass is 380 g/mol. The van der Waals surface area contributed by atoms with Crippen LogP contribution < -0.4 is 5.32 Å². The highest BCUT2D eigenvalue weighted by molar-refractivity contribution is 8.01. The number of amides is 1. The lowest BCUT2D eigenvalue weighted by Gasteiger charge is -2.06. The van der Waals surface area contributed by atoms with Gasteiger partial charge in [0.05, 0.1) is 15.9 Å². The molecule has 0 unspecified atom stereocenters. The molecule has 0 radical (unpaired) electrons. The van der Waals surface area contributed by atoms with Crippen molar-refractivity contribution in [3.63, 3.8) is 0 Å². The number of nitrogens with zero attached hydrogens (tertiary/aromatic N) is 1. The maximum absolute atomic E-state index is 13.6. The number of thioether (sulfide) groups is 1. The molecule has 124 valence electrons. The van der Waals surface area contributed by atoms with Crippen LogP contribution in [0.1, 0.15) is 12.8 Å². The Labute approximate surface area is 152 Å². The largest absolute Gasteiger partial charge is 0.324 e. The van der Waals surface area contributed by atoms with E-state index in [-0.39, 0.29) is 11.6 Å². The van der Waals surface area contributed by atoms with Gasteiger partial charge in [-0.05, 0) is 36.8 Å². The third-order valence-electron chi connectivity index (χ3n) is 3.25. The van der Waals surface area contributed by atoms with Crippen molar-refractivity contribution in [1.82, 2.24) is 4.98 Å². The van der Waals surface area contributed by atoms with Crippen molar-refractivity contribution < 1.29 is 9.18 Å². The number of carbonyl (C=O) groups excluding carboxylic acids is 1. The molecular weight excluding hydrogens is 367 g/mol. The highest BCUT2D eigenvalue weighted by Crippen LogP contribution is 2.29. The van der Waals surface area contributed by atoms with Gasteiger partial charge in [0.2, 0.25) is 5.91 Å². The van der Waals surface area contributed by atoms with Gasteiger partial charge in [-0.3, -0.25) is 4.79 Å². The van der Waals surface area contributed by atoms with E-state index in [9.17, 15) is 9.18 Å². The Morgan fingerprint density at radius 2 is 2.12 bits per heavy atom. The maximum atomic E-state index is 13.6. The van der Waals surface area contributed by atoms with Crippen LogP contribution in [0.15, 0.2) is 46.8 Å². The van der Waals surface area contributed by atoms with Crippen molar-refractivity contribution in [1.29, 1.82) is 0 Å². The average Bonchev–Trinajstić information content (AvgIpc) is 2.97. The number of halogens is 2. The summed E-state index contributed by atoms with van der Waals surface area (Å²) in [6.45, 7) is 0. The Morgan fingerprint density at radius 3 is 2.92 bits per heavy atom. The summed E-state index contributed by atoms with van der Waals surface area (Å²) in [7, 11) is 0. The van der Waals surface area contributed by atoms with Crippen LogP contribution in [0.5, 0.6) is 0 Å². The molecule has 3 nitrogen and oxygen atoms in total. The van der Waals surface area contributed by atoms with E-state index in [1.165, 1.54) is 12.1 Å². The summed E-state index contributed by atoms with van der Waals surface area (Å²) in [6.07, 6.45) is 1.03. The molecule has 2 aromatic carbocycles. The van der Waals surface area contributed by atoms with Crippen molar-refractivity contribution in [3.05, 3.63) is 53.3 Å². The molecule has 0 aliphatic rings. The number of para-hydroxylation sites is 1. The second-order valence-corrected chi connectivity index (χ2v) is 7.88. The minimum Gasteiger partial charge on any atom is -0.324 e. The van der Waals surface area contributed by atoms with Crippen LogP contribution in [0, 0.1) is 5.82 Å². The van der Waals surface area contributed by atoms with Crippen LogP contribution in [-0.2, 0) is 4.79 Å². The fourth-order valence-corrected chi connectivity index (χ4v) is 4.35. The Hall–Kier alpha value is -1.63. The van der Waals surface area contributed by atoms with Crippen LogP contribution in [0.3, 0.4) is 0 Å². The second kappa shape index (κ2) is 7.96. The standard InChI is InChI=1S/C17H14ClFN2OS2/c18-11-7-8-13(12(19)10-11)20-16(22)6-3-9-23-17-21-14-4-1-2-5-15(14)24-17/h1-2,4-5,7-8,10H,3,6,9H2,(H,20,22). The number of hydrogen-bond donors (Lipinski definition) is 1. The fraction of sp³-hybridized carbons (Fsp3) is 0.176. The molecule has 1 heterocycles. The van der Waals surface area contributed by atoms with Gasteiger partial charge in [0.25, 0.3) is 0 Å². The van der Waals surface area contributed by atoms with Crippen molar-refractivity contribution in [2.75, 3.05) is 11.1 Å². The normalized spacial score (nSPS) is 10.9. The van der Waals surface area contributed by atoms with Crippen LogP contribution in [0.25, 0.3) is 10.2 Å². The van der Waals surface area contributed by atoms with E-state index in [0.717, 1.165) is 20.3 Å². The number of carbonyl (C=O) groups is 1. The molecule has 3 aromatic rings. The molecule has 0 fully saturated rings. The van der Waals surface area contributed by atoms with Gasteiger partial charge in [0.1, 0.15) is 5.82 Å². The van der Waals surface area contributed by atoms with Crippen LogP contribution in [-0.4, -0.2) is 16.6 Å². The summed E-state index contributed by atoms with van der Waals surface area (Å²) in [4.78, 5) is 16.4.